The molecule has 0 amide bonds. The summed E-state index contributed by atoms with van der Waals surface area (Å²) in [5.41, 5.74) is 7.27. The van der Waals surface area contributed by atoms with Crippen LogP contribution < -0.4 is 5.73 Å². The first-order valence-corrected chi connectivity index (χ1v) is 6.76. The molecular formula is C15H18F3N3. The molecule has 2 atom stereocenters. The summed E-state index contributed by atoms with van der Waals surface area (Å²) in [6.45, 7) is 3.86. The third kappa shape index (κ3) is 3.44. The standard InChI is InChI=1S/C15H18F3N3/c1-3-13(19)14(11-6-4-10(2)5-7-11)21-9-12(8-20-21)15(16,17)18/h4-9,13-14H,3,19H2,1-2H3. The Balaban J connectivity index is 2.41. The van der Waals surface area contributed by atoms with Crippen molar-refractivity contribution in [2.75, 3.05) is 0 Å². The molecule has 1 heterocycles. The van der Waals surface area contributed by atoms with Gasteiger partial charge in [-0.15, -0.1) is 0 Å². The maximum Gasteiger partial charge on any atom is 0.419 e. The van der Waals surface area contributed by atoms with Crippen LogP contribution in [0.2, 0.25) is 0 Å². The van der Waals surface area contributed by atoms with Gasteiger partial charge in [0.15, 0.2) is 0 Å². The van der Waals surface area contributed by atoms with Crippen molar-refractivity contribution in [3.63, 3.8) is 0 Å². The van der Waals surface area contributed by atoms with Gasteiger partial charge in [-0.1, -0.05) is 36.8 Å². The first kappa shape index (κ1) is 15.6. The van der Waals surface area contributed by atoms with E-state index in [1.807, 2.05) is 38.1 Å². The van der Waals surface area contributed by atoms with Gasteiger partial charge in [-0.05, 0) is 18.9 Å². The zero-order valence-corrected chi connectivity index (χ0v) is 11.9. The summed E-state index contributed by atoms with van der Waals surface area (Å²) in [6.07, 6.45) is -1.91. The van der Waals surface area contributed by atoms with Crippen molar-refractivity contribution in [3.8, 4) is 0 Å². The first-order valence-electron chi connectivity index (χ1n) is 6.76. The van der Waals surface area contributed by atoms with Crippen molar-refractivity contribution in [1.29, 1.82) is 0 Å². The van der Waals surface area contributed by atoms with E-state index in [4.69, 9.17) is 5.73 Å². The SMILES string of the molecule is CCC(N)C(c1ccc(C)cc1)n1cc(C(F)(F)F)cn1. The molecule has 0 saturated heterocycles. The van der Waals surface area contributed by atoms with E-state index in [9.17, 15) is 13.2 Å². The minimum absolute atomic E-state index is 0.311. The van der Waals surface area contributed by atoms with Crippen molar-refractivity contribution in [1.82, 2.24) is 9.78 Å². The van der Waals surface area contributed by atoms with Gasteiger partial charge in [0.1, 0.15) is 0 Å². The number of nitrogens with zero attached hydrogens (tertiary/aromatic N) is 2. The summed E-state index contributed by atoms with van der Waals surface area (Å²) in [6, 6.07) is 6.87. The average Bonchev–Trinajstić information content (AvgIpc) is 2.90. The molecule has 2 unspecified atom stereocenters. The fourth-order valence-corrected chi connectivity index (χ4v) is 2.22. The number of hydrogen-bond acceptors (Lipinski definition) is 2. The molecule has 0 radical (unpaired) electrons. The quantitative estimate of drug-likeness (QED) is 0.938. The Bertz CT molecular complexity index is 587. The van der Waals surface area contributed by atoms with Crippen LogP contribution in [0.25, 0.3) is 0 Å². The van der Waals surface area contributed by atoms with E-state index >= 15 is 0 Å². The molecule has 0 bridgehead atoms. The van der Waals surface area contributed by atoms with Gasteiger partial charge < -0.3 is 5.73 Å². The molecule has 3 nitrogen and oxygen atoms in total. The van der Waals surface area contributed by atoms with E-state index in [1.54, 1.807) is 0 Å². The summed E-state index contributed by atoms with van der Waals surface area (Å²) >= 11 is 0. The number of rotatable bonds is 4. The molecule has 2 rings (SSSR count). The van der Waals surface area contributed by atoms with Crippen molar-refractivity contribution in [2.45, 2.75) is 38.5 Å². The average molecular weight is 297 g/mol. The van der Waals surface area contributed by atoms with Gasteiger partial charge >= 0.3 is 6.18 Å². The predicted molar refractivity (Wildman–Crippen MR) is 74.8 cm³/mol. The van der Waals surface area contributed by atoms with Crippen molar-refractivity contribution in [2.24, 2.45) is 5.73 Å². The lowest BCUT2D eigenvalue weighted by molar-refractivity contribution is -0.137. The summed E-state index contributed by atoms with van der Waals surface area (Å²) in [5, 5.41) is 3.87. The number of aromatic nitrogens is 2. The number of aryl methyl sites for hydroxylation is 1. The molecule has 0 spiro atoms. The third-order valence-corrected chi connectivity index (χ3v) is 3.51. The van der Waals surface area contributed by atoms with Gasteiger partial charge in [0.2, 0.25) is 0 Å². The van der Waals surface area contributed by atoms with Crippen LogP contribution in [0.1, 0.15) is 36.1 Å². The van der Waals surface area contributed by atoms with Gasteiger partial charge in [0.05, 0.1) is 17.8 Å². The van der Waals surface area contributed by atoms with Crippen LogP contribution in [-0.4, -0.2) is 15.8 Å². The number of alkyl halides is 3. The third-order valence-electron chi connectivity index (χ3n) is 3.51. The molecule has 0 aliphatic heterocycles. The van der Waals surface area contributed by atoms with Gasteiger partial charge in [0, 0.05) is 12.2 Å². The zero-order valence-electron chi connectivity index (χ0n) is 11.9. The minimum atomic E-state index is -4.40. The molecule has 0 fully saturated rings. The normalized spacial score (nSPS) is 15.0. The Labute approximate surface area is 121 Å². The molecule has 2 N–H and O–H groups in total. The number of hydrogen-bond donors (Lipinski definition) is 1. The molecule has 1 aromatic carbocycles. The topological polar surface area (TPSA) is 43.8 Å². The molecule has 0 aliphatic rings. The Morgan fingerprint density at radius 3 is 2.33 bits per heavy atom. The second-order valence-corrected chi connectivity index (χ2v) is 5.13. The van der Waals surface area contributed by atoms with Crippen LogP contribution in [0.5, 0.6) is 0 Å². The second-order valence-electron chi connectivity index (χ2n) is 5.13. The van der Waals surface area contributed by atoms with E-state index in [1.165, 1.54) is 4.68 Å². The number of benzene rings is 1. The van der Waals surface area contributed by atoms with E-state index < -0.39 is 17.8 Å². The van der Waals surface area contributed by atoms with Gasteiger partial charge in [-0.2, -0.15) is 18.3 Å². The van der Waals surface area contributed by atoms with Crippen LogP contribution in [0.15, 0.2) is 36.7 Å². The van der Waals surface area contributed by atoms with Crippen LogP contribution in [0.3, 0.4) is 0 Å². The molecule has 114 valence electrons. The minimum Gasteiger partial charge on any atom is -0.326 e. The highest BCUT2D eigenvalue weighted by Crippen LogP contribution is 2.31. The fourth-order valence-electron chi connectivity index (χ4n) is 2.22. The lowest BCUT2D eigenvalue weighted by atomic mass is 9.97. The molecule has 0 saturated carbocycles. The van der Waals surface area contributed by atoms with E-state index in [2.05, 4.69) is 5.10 Å². The lowest BCUT2D eigenvalue weighted by Gasteiger charge is -2.24. The summed E-state index contributed by atoms with van der Waals surface area (Å²) < 4.78 is 39.5. The highest BCUT2D eigenvalue weighted by Gasteiger charge is 2.33. The Kier molecular flexibility index (Phi) is 4.37. The van der Waals surface area contributed by atoms with Gasteiger partial charge in [-0.25, -0.2) is 0 Å². The largest absolute Gasteiger partial charge is 0.419 e. The Hall–Kier alpha value is -1.82. The monoisotopic (exact) mass is 297 g/mol. The highest BCUT2D eigenvalue weighted by molar-refractivity contribution is 5.26. The molecular weight excluding hydrogens is 279 g/mol. The number of nitrogens with two attached hydrogens (primary N) is 1. The van der Waals surface area contributed by atoms with Gasteiger partial charge in [-0.3, -0.25) is 4.68 Å². The maximum atomic E-state index is 12.7. The summed E-state index contributed by atoms with van der Waals surface area (Å²) in [7, 11) is 0. The molecule has 21 heavy (non-hydrogen) atoms. The van der Waals surface area contributed by atoms with Crippen LogP contribution >= 0.6 is 0 Å². The summed E-state index contributed by atoms with van der Waals surface area (Å²) in [5.74, 6) is 0. The highest BCUT2D eigenvalue weighted by atomic mass is 19.4. The Morgan fingerprint density at radius 1 is 1.24 bits per heavy atom. The molecule has 6 heteroatoms. The number of halogens is 3. The summed E-state index contributed by atoms with van der Waals surface area (Å²) in [4.78, 5) is 0. The zero-order chi connectivity index (χ0) is 15.6. The van der Waals surface area contributed by atoms with Crippen molar-refractivity contribution >= 4 is 0 Å². The fraction of sp³-hybridized carbons (Fsp3) is 0.400. The second kappa shape index (κ2) is 5.89. The predicted octanol–water partition coefficient (Wildman–Crippen LogP) is 3.54. The first-order chi connectivity index (χ1) is 9.82. The Morgan fingerprint density at radius 2 is 1.86 bits per heavy atom. The van der Waals surface area contributed by atoms with Crippen molar-refractivity contribution < 1.29 is 13.2 Å². The van der Waals surface area contributed by atoms with E-state index in [0.717, 1.165) is 23.5 Å². The van der Waals surface area contributed by atoms with Crippen LogP contribution in [-0.2, 0) is 6.18 Å². The van der Waals surface area contributed by atoms with Gasteiger partial charge in [0.25, 0.3) is 0 Å². The maximum absolute atomic E-state index is 12.7. The van der Waals surface area contributed by atoms with E-state index in [0.29, 0.717) is 6.42 Å². The van der Waals surface area contributed by atoms with Crippen molar-refractivity contribution in [3.05, 3.63) is 53.3 Å². The molecule has 1 aromatic heterocycles. The molecule has 2 aromatic rings. The van der Waals surface area contributed by atoms with E-state index in [-0.39, 0.29) is 6.04 Å². The smallest absolute Gasteiger partial charge is 0.326 e. The molecule has 0 aliphatic carbocycles. The lowest BCUT2D eigenvalue weighted by Crippen LogP contribution is -2.32. The van der Waals surface area contributed by atoms with Crippen LogP contribution in [0, 0.1) is 6.92 Å². The van der Waals surface area contributed by atoms with Crippen LogP contribution in [0.4, 0.5) is 13.2 Å².